The molecule has 160 valence electrons. The molecular weight excluding hydrogens is 418 g/mol. The average molecular weight is 440 g/mol. The third kappa shape index (κ3) is 6.97. The second-order valence-electron chi connectivity index (χ2n) is 7.57. The average Bonchev–Trinajstić information content (AvgIpc) is 3.16. The molecule has 0 aliphatic carbocycles. The zero-order valence-corrected chi connectivity index (χ0v) is 18.1. The number of ether oxygens (including phenoxy) is 1. The largest absolute Gasteiger partial charge is 0.444 e. The van der Waals surface area contributed by atoms with Gasteiger partial charge in [-0.05, 0) is 57.2 Å². The van der Waals surface area contributed by atoms with E-state index in [1.165, 1.54) is 23.3 Å². The van der Waals surface area contributed by atoms with Gasteiger partial charge in [-0.2, -0.15) is 0 Å². The highest BCUT2D eigenvalue weighted by molar-refractivity contribution is 6.30. The summed E-state index contributed by atoms with van der Waals surface area (Å²) < 4.78 is 6.63. The summed E-state index contributed by atoms with van der Waals surface area (Å²) >= 11 is 5.98. The van der Waals surface area contributed by atoms with E-state index in [1.807, 2.05) is 12.1 Å². The number of carbonyl (C=O) groups excluding carboxylic acids is 2. The number of nitrogens with zero attached hydrogens (tertiary/aromatic N) is 3. The van der Waals surface area contributed by atoms with Crippen molar-refractivity contribution in [2.24, 2.45) is 0 Å². The predicted molar refractivity (Wildman–Crippen MR) is 121 cm³/mol. The van der Waals surface area contributed by atoms with Crippen molar-refractivity contribution >= 4 is 41.2 Å². The van der Waals surface area contributed by atoms with Crippen LogP contribution in [0.15, 0.2) is 60.9 Å². The van der Waals surface area contributed by atoms with E-state index in [9.17, 15) is 9.59 Å². The smallest absolute Gasteiger partial charge is 0.412 e. The van der Waals surface area contributed by atoms with Gasteiger partial charge in [0.2, 0.25) is 5.91 Å². The zero-order chi connectivity index (χ0) is 22.4. The molecule has 3 aromatic rings. The highest BCUT2D eigenvalue weighted by atomic mass is 35.5. The van der Waals surface area contributed by atoms with Crippen molar-refractivity contribution in [3.8, 4) is 11.4 Å². The van der Waals surface area contributed by atoms with Crippen LogP contribution in [-0.4, -0.2) is 32.4 Å². The van der Waals surface area contributed by atoms with E-state index < -0.39 is 11.7 Å². The third-order valence-electron chi connectivity index (χ3n) is 3.77. The summed E-state index contributed by atoms with van der Waals surface area (Å²) in [6.45, 7) is 5.36. The second kappa shape index (κ2) is 9.44. The number of nitrogens with one attached hydrogen (secondary N) is 2. The third-order valence-corrected chi connectivity index (χ3v) is 4.00. The Morgan fingerprint density at radius 1 is 1.06 bits per heavy atom. The van der Waals surface area contributed by atoms with Crippen LogP contribution in [0.2, 0.25) is 5.02 Å². The van der Waals surface area contributed by atoms with Crippen LogP contribution in [0.1, 0.15) is 20.8 Å². The molecule has 0 fully saturated rings. The first kappa shape index (κ1) is 22.0. The Morgan fingerprint density at radius 3 is 2.39 bits per heavy atom. The van der Waals surface area contributed by atoms with Crippen LogP contribution in [-0.2, 0) is 9.53 Å². The van der Waals surface area contributed by atoms with Gasteiger partial charge >= 0.3 is 6.09 Å². The fourth-order valence-corrected chi connectivity index (χ4v) is 2.68. The van der Waals surface area contributed by atoms with Crippen LogP contribution < -0.4 is 10.6 Å². The van der Waals surface area contributed by atoms with E-state index in [-0.39, 0.29) is 5.91 Å². The van der Waals surface area contributed by atoms with Crippen LogP contribution >= 0.6 is 11.6 Å². The summed E-state index contributed by atoms with van der Waals surface area (Å²) in [5.74, 6) is 0.160. The Kier molecular flexibility index (Phi) is 6.71. The number of hydrogen-bond acceptors (Lipinski definition) is 5. The van der Waals surface area contributed by atoms with E-state index in [0.717, 1.165) is 5.56 Å². The topological polar surface area (TPSA) is 98.1 Å². The zero-order valence-electron chi connectivity index (χ0n) is 17.3. The highest BCUT2D eigenvalue weighted by Crippen LogP contribution is 2.19. The summed E-state index contributed by atoms with van der Waals surface area (Å²) in [7, 11) is 0. The molecule has 0 atom stereocenters. The van der Waals surface area contributed by atoms with Gasteiger partial charge < -0.3 is 10.1 Å². The molecule has 0 aliphatic heterocycles. The summed E-state index contributed by atoms with van der Waals surface area (Å²) in [4.78, 5) is 28.2. The Balaban J connectivity index is 1.55. The Morgan fingerprint density at radius 2 is 1.74 bits per heavy atom. The molecule has 3 rings (SSSR count). The summed E-state index contributed by atoms with van der Waals surface area (Å²) in [5, 5.41) is 10.2. The van der Waals surface area contributed by atoms with Gasteiger partial charge in [-0.3, -0.25) is 10.1 Å². The Bertz CT molecular complexity index is 1100. The monoisotopic (exact) mass is 439 g/mol. The molecule has 31 heavy (non-hydrogen) atoms. The Hall–Kier alpha value is -3.65. The maximum Gasteiger partial charge on any atom is 0.412 e. The number of benzene rings is 2. The minimum Gasteiger partial charge on any atom is -0.444 e. The normalized spacial score (nSPS) is 11.4. The lowest BCUT2D eigenvalue weighted by molar-refractivity contribution is -0.111. The van der Waals surface area contributed by atoms with Crippen LogP contribution in [0.3, 0.4) is 0 Å². The molecule has 0 saturated carbocycles. The molecule has 9 heteroatoms. The van der Waals surface area contributed by atoms with Crippen molar-refractivity contribution in [2.45, 2.75) is 26.4 Å². The van der Waals surface area contributed by atoms with Crippen LogP contribution in [0.5, 0.6) is 0 Å². The number of anilines is 2. The molecule has 1 heterocycles. The molecule has 0 bridgehead atoms. The molecular formula is C22H22ClN5O3. The van der Waals surface area contributed by atoms with Crippen LogP contribution in [0, 0.1) is 0 Å². The minimum absolute atomic E-state index is 0.340. The van der Waals surface area contributed by atoms with Crippen molar-refractivity contribution in [3.63, 3.8) is 0 Å². The number of carbonyl (C=O) groups is 2. The number of aromatic nitrogens is 3. The van der Waals surface area contributed by atoms with Crippen LogP contribution in [0.25, 0.3) is 17.6 Å². The second-order valence-corrected chi connectivity index (χ2v) is 8.00. The molecule has 0 radical (unpaired) electrons. The fraction of sp³-hybridized carbons (Fsp3) is 0.182. The number of amides is 2. The van der Waals surface area contributed by atoms with Crippen molar-refractivity contribution in [2.75, 3.05) is 10.6 Å². The number of rotatable bonds is 5. The van der Waals surface area contributed by atoms with Gasteiger partial charge in [0.25, 0.3) is 0 Å². The van der Waals surface area contributed by atoms with Gasteiger partial charge in [-0.25, -0.2) is 14.5 Å². The maximum absolute atomic E-state index is 12.2. The van der Waals surface area contributed by atoms with Gasteiger partial charge in [0.1, 0.15) is 11.9 Å². The van der Waals surface area contributed by atoms with Crippen LogP contribution in [0.4, 0.5) is 16.2 Å². The first-order valence-corrected chi connectivity index (χ1v) is 9.82. The molecule has 2 amide bonds. The van der Waals surface area contributed by atoms with Crippen molar-refractivity contribution in [1.29, 1.82) is 0 Å². The predicted octanol–water partition coefficient (Wildman–Crippen LogP) is 5.05. The molecule has 8 nitrogen and oxygen atoms in total. The number of hydrogen-bond donors (Lipinski definition) is 2. The lowest BCUT2D eigenvalue weighted by Crippen LogP contribution is -2.27. The molecule has 0 saturated heterocycles. The van der Waals surface area contributed by atoms with E-state index in [0.29, 0.717) is 22.2 Å². The van der Waals surface area contributed by atoms with Gasteiger partial charge in [-0.15, -0.1) is 5.10 Å². The van der Waals surface area contributed by atoms with Gasteiger partial charge in [0.05, 0.1) is 0 Å². The lowest BCUT2D eigenvalue weighted by Gasteiger charge is -2.19. The summed E-state index contributed by atoms with van der Waals surface area (Å²) in [6, 6.07) is 13.9. The molecule has 2 N–H and O–H groups in total. The standard InChI is InChI=1S/C22H22ClN5O3/c1-22(2,3)31-21(30)26-18-9-7-17(8-10-18)25-19(29)11-12-28-14-24-20(27-28)15-5-4-6-16(23)13-15/h4-14H,1-3H3,(H,25,29)(H,26,30)/b12-11+. The van der Waals surface area contributed by atoms with E-state index in [2.05, 4.69) is 20.7 Å². The van der Waals surface area contributed by atoms with E-state index in [4.69, 9.17) is 16.3 Å². The van der Waals surface area contributed by atoms with Gasteiger partial charge in [0, 0.05) is 34.2 Å². The highest BCUT2D eigenvalue weighted by Gasteiger charge is 2.16. The molecule has 0 aliphatic rings. The SMILES string of the molecule is CC(C)(C)OC(=O)Nc1ccc(NC(=O)/C=C/n2cnc(-c3cccc(Cl)c3)n2)cc1. The lowest BCUT2D eigenvalue weighted by atomic mass is 10.2. The summed E-state index contributed by atoms with van der Waals surface area (Å²) in [5.41, 5.74) is 1.33. The van der Waals surface area contributed by atoms with Gasteiger partial charge in [-0.1, -0.05) is 23.7 Å². The molecule has 0 unspecified atom stereocenters. The molecule has 0 spiro atoms. The first-order chi connectivity index (χ1) is 14.7. The molecule has 1 aromatic heterocycles. The van der Waals surface area contributed by atoms with Crippen molar-refractivity contribution in [3.05, 3.63) is 66.0 Å². The molecule has 2 aromatic carbocycles. The minimum atomic E-state index is -0.580. The van der Waals surface area contributed by atoms with E-state index >= 15 is 0 Å². The first-order valence-electron chi connectivity index (χ1n) is 9.44. The number of halogens is 1. The van der Waals surface area contributed by atoms with Crippen molar-refractivity contribution < 1.29 is 14.3 Å². The van der Waals surface area contributed by atoms with Crippen molar-refractivity contribution in [1.82, 2.24) is 14.8 Å². The fourth-order valence-electron chi connectivity index (χ4n) is 2.49. The van der Waals surface area contributed by atoms with Gasteiger partial charge in [0.15, 0.2) is 5.82 Å². The maximum atomic E-state index is 12.2. The Labute approximate surface area is 184 Å². The van der Waals surface area contributed by atoms with E-state index in [1.54, 1.807) is 57.2 Å². The summed E-state index contributed by atoms with van der Waals surface area (Å²) in [6.07, 6.45) is 3.78. The quantitative estimate of drug-likeness (QED) is 0.542.